The van der Waals surface area contributed by atoms with Crippen LogP contribution >= 0.6 is 0 Å². The highest BCUT2D eigenvalue weighted by atomic mass is 16.2. The Bertz CT molecular complexity index is 974. The number of carbonyl (C=O) groups is 1. The first-order valence-corrected chi connectivity index (χ1v) is 9.87. The van der Waals surface area contributed by atoms with Gasteiger partial charge in [0.25, 0.3) is 5.91 Å². The lowest BCUT2D eigenvalue weighted by atomic mass is 9.93. The van der Waals surface area contributed by atoms with Gasteiger partial charge in [0.05, 0.1) is 11.3 Å². The van der Waals surface area contributed by atoms with Crippen molar-refractivity contribution in [1.29, 1.82) is 0 Å². The van der Waals surface area contributed by atoms with Gasteiger partial charge >= 0.3 is 0 Å². The Kier molecular flexibility index (Phi) is 4.79. The number of pyridine rings is 2. The fraction of sp³-hybridized carbons (Fsp3) is 0.409. The predicted octanol–water partition coefficient (Wildman–Crippen LogP) is 3.96. The Labute approximate surface area is 165 Å². The van der Waals surface area contributed by atoms with E-state index in [1.54, 1.807) is 12.4 Å². The lowest BCUT2D eigenvalue weighted by molar-refractivity contribution is 0.0705. The molecule has 146 valence electrons. The van der Waals surface area contributed by atoms with Gasteiger partial charge in [-0.15, -0.1) is 0 Å². The van der Waals surface area contributed by atoms with Gasteiger partial charge < -0.3 is 10.2 Å². The Balaban J connectivity index is 1.66. The topological polar surface area (TPSA) is 62.5 Å². The molecule has 3 aromatic rings. The van der Waals surface area contributed by atoms with Gasteiger partial charge in [0.2, 0.25) is 0 Å². The Morgan fingerprint density at radius 1 is 1.21 bits per heavy atom. The third-order valence-electron chi connectivity index (χ3n) is 5.05. The quantitative estimate of drug-likeness (QED) is 0.750. The van der Waals surface area contributed by atoms with Crippen molar-refractivity contribution < 1.29 is 4.79 Å². The number of amides is 1. The lowest BCUT2D eigenvalue weighted by Crippen LogP contribution is -2.39. The van der Waals surface area contributed by atoms with Crippen molar-refractivity contribution in [1.82, 2.24) is 19.3 Å². The predicted molar refractivity (Wildman–Crippen MR) is 111 cm³/mol. The van der Waals surface area contributed by atoms with Gasteiger partial charge in [-0.05, 0) is 57.9 Å². The van der Waals surface area contributed by atoms with Gasteiger partial charge in [0, 0.05) is 43.1 Å². The number of nitrogens with one attached hydrogen (secondary N) is 1. The highest BCUT2D eigenvalue weighted by molar-refractivity contribution is 5.94. The summed E-state index contributed by atoms with van der Waals surface area (Å²) in [7, 11) is 0. The van der Waals surface area contributed by atoms with Crippen molar-refractivity contribution in [3.05, 3.63) is 60.2 Å². The summed E-state index contributed by atoms with van der Waals surface area (Å²) in [5, 5.41) is 3.63. The van der Waals surface area contributed by atoms with E-state index in [1.807, 2.05) is 41.4 Å². The van der Waals surface area contributed by atoms with Crippen molar-refractivity contribution in [2.75, 3.05) is 18.4 Å². The highest BCUT2D eigenvalue weighted by Gasteiger charge is 2.30. The molecule has 6 heteroatoms. The van der Waals surface area contributed by atoms with Crippen LogP contribution in [0.25, 0.3) is 5.65 Å². The summed E-state index contributed by atoms with van der Waals surface area (Å²) in [5.74, 6) is 1.29. The number of hydrogen-bond acceptors (Lipinski definition) is 4. The van der Waals surface area contributed by atoms with Crippen molar-refractivity contribution in [3.8, 4) is 0 Å². The zero-order valence-corrected chi connectivity index (χ0v) is 16.7. The average Bonchev–Trinajstić information content (AvgIpc) is 3.05. The van der Waals surface area contributed by atoms with Crippen LogP contribution in [0.2, 0.25) is 0 Å². The Morgan fingerprint density at radius 3 is 2.82 bits per heavy atom. The summed E-state index contributed by atoms with van der Waals surface area (Å²) in [6.07, 6.45) is 7.38. The number of fused-ring (bicyclic) bond motifs is 1. The molecule has 4 heterocycles. The van der Waals surface area contributed by atoms with Crippen molar-refractivity contribution in [2.45, 2.75) is 45.1 Å². The molecule has 0 radical (unpaired) electrons. The maximum Gasteiger partial charge on any atom is 0.255 e. The fourth-order valence-corrected chi connectivity index (χ4v) is 3.83. The number of anilines is 1. The van der Waals surface area contributed by atoms with Crippen LogP contribution in [-0.2, 0) is 0 Å². The first-order valence-electron chi connectivity index (χ1n) is 9.87. The van der Waals surface area contributed by atoms with E-state index < -0.39 is 0 Å². The minimum atomic E-state index is -0.0829. The molecule has 1 aliphatic rings. The second-order valence-electron chi connectivity index (χ2n) is 8.48. The largest absolute Gasteiger partial charge is 0.365 e. The number of carbonyl (C=O) groups excluding carboxylic acids is 1. The van der Waals surface area contributed by atoms with Crippen molar-refractivity contribution >= 4 is 17.4 Å². The van der Waals surface area contributed by atoms with Crippen LogP contribution in [0.4, 0.5) is 5.82 Å². The van der Waals surface area contributed by atoms with Gasteiger partial charge in [-0.3, -0.25) is 14.2 Å². The van der Waals surface area contributed by atoms with E-state index in [2.05, 4.69) is 35.5 Å². The minimum Gasteiger partial charge on any atom is -0.365 e. The van der Waals surface area contributed by atoms with E-state index in [9.17, 15) is 4.79 Å². The molecule has 1 N–H and O–H groups in total. The lowest BCUT2D eigenvalue weighted by Gasteiger charge is -2.33. The van der Waals surface area contributed by atoms with Crippen molar-refractivity contribution in [3.63, 3.8) is 0 Å². The summed E-state index contributed by atoms with van der Waals surface area (Å²) >= 11 is 0. The van der Waals surface area contributed by atoms with Gasteiger partial charge in [0.1, 0.15) is 11.5 Å². The number of imidazole rings is 1. The van der Waals surface area contributed by atoms with Crippen LogP contribution in [0.1, 0.15) is 55.6 Å². The minimum absolute atomic E-state index is 0.0481. The molecule has 0 spiro atoms. The molecule has 1 amide bonds. The summed E-state index contributed by atoms with van der Waals surface area (Å²) in [5.41, 5.74) is 2.54. The van der Waals surface area contributed by atoms with Gasteiger partial charge in [-0.25, -0.2) is 4.98 Å². The molecule has 0 saturated carbocycles. The molecule has 0 aromatic carbocycles. The zero-order valence-electron chi connectivity index (χ0n) is 16.7. The summed E-state index contributed by atoms with van der Waals surface area (Å²) in [6, 6.07) is 9.69. The molecule has 0 unspecified atom stereocenters. The van der Waals surface area contributed by atoms with Crippen LogP contribution in [0.15, 0.2) is 48.9 Å². The number of likely N-dealkylation sites (tertiary alicyclic amines) is 1. The van der Waals surface area contributed by atoms with E-state index >= 15 is 0 Å². The average molecular weight is 377 g/mol. The van der Waals surface area contributed by atoms with Crippen molar-refractivity contribution in [2.24, 2.45) is 0 Å². The van der Waals surface area contributed by atoms with Gasteiger partial charge in [-0.2, -0.15) is 0 Å². The number of rotatable bonds is 3. The molecule has 3 aromatic heterocycles. The molecule has 1 fully saturated rings. The smallest absolute Gasteiger partial charge is 0.255 e. The Morgan fingerprint density at radius 2 is 2.07 bits per heavy atom. The van der Waals surface area contributed by atoms with E-state index in [4.69, 9.17) is 4.98 Å². The monoisotopic (exact) mass is 377 g/mol. The fourth-order valence-electron chi connectivity index (χ4n) is 3.83. The standard InChI is InChI=1S/C22H27N5O/c1-22(2,3)25-20-19(24-18-10-4-5-13-27(18)20)17-9-7-12-26(15-17)21(28)16-8-6-11-23-14-16/h4-6,8,10-11,13-14,17,25H,7,9,12,15H2,1-3H3/t17-/m0/s1. The molecule has 6 nitrogen and oxygen atoms in total. The number of aromatic nitrogens is 3. The SMILES string of the molecule is CC(C)(C)Nc1c([C@H]2CCCN(C(=O)c3cccnc3)C2)nc2ccccn12. The molecule has 1 aliphatic heterocycles. The number of piperidine rings is 1. The van der Waals surface area contributed by atoms with Crippen LogP contribution in [0, 0.1) is 0 Å². The Hall–Kier alpha value is -2.89. The highest BCUT2D eigenvalue weighted by Crippen LogP contribution is 2.34. The van der Waals surface area contributed by atoms with Crippen LogP contribution < -0.4 is 5.32 Å². The first kappa shape index (κ1) is 18.5. The molecule has 1 saturated heterocycles. The van der Waals surface area contributed by atoms with Crippen LogP contribution in [0.3, 0.4) is 0 Å². The summed E-state index contributed by atoms with van der Waals surface area (Å²) in [4.78, 5) is 23.9. The van der Waals surface area contributed by atoms with Gasteiger partial charge in [0.15, 0.2) is 0 Å². The molecule has 4 rings (SSSR count). The van der Waals surface area contributed by atoms with Gasteiger partial charge in [-0.1, -0.05) is 6.07 Å². The zero-order chi connectivity index (χ0) is 19.7. The second-order valence-corrected chi connectivity index (χ2v) is 8.48. The van der Waals surface area contributed by atoms with E-state index in [0.29, 0.717) is 12.1 Å². The number of nitrogens with zero attached hydrogens (tertiary/aromatic N) is 4. The third-order valence-corrected chi connectivity index (χ3v) is 5.05. The summed E-state index contributed by atoms with van der Waals surface area (Å²) < 4.78 is 2.11. The maximum absolute atomic E-state index is 12.9. The second kappa shape index (κ2) is 7.26. The molecule has 1 atom stereocenters. The van der Waals surface area contributed by atoms with E-state index in [-0.39, 0.29) is 17.4 Å². The van der Waals surface area contributed by atoms with Crippen LogP contribution in [-0.4, -0.2) is 43.8 Å². The molecular weight excluding hydrogens is 350 g/mol. The molecular formula is C22H27N5O. The maximum atomic E-state index is 12.9. The summed E-state index contributed by atoms with van der Waals surface area (Å²) in [6.45, 7) is 7.91. The first-order chi connectivity index (χ1) is 13.4. The number of hydrogen-bond donors (Lipinski definition) is 1. The molecule has 0 aliphatic carbocycles. The van der Waals surface area contributed by atoms with E-state index in [0.717, 1.165) is 36.5 Å². The third kappa shape index (κ3) is 3.72. The van der Waals surface area contributed by atoms with E-state index in [1.165, 1.54) is 0 Å². The normalized spacial score (nSPS) is 17.7. The molecule has 0 bridgehead atoms. The molecule has 28 heavy (non-hydrogen) atoms. The van der Waals surface area contributed by atoms with Crippen LogP contribution in [0.5, 0.6) is 0 Å².